The zero-order valence-corrected chi connectivity index (χ0v) is 17.7. The molecular weight excluding hydrogens is 418 g/mol. The third kappa shape index (κ3) is 4.22. The van der Waals surface area contributed by atoms with Crippen molar-refractivity contribution in [2.24, 2.45) is 0 Å². The monoisotopic (exact) mass is 439 g/mol. The van der Waals surface area contributed by atoms with Crippen molar-refractivity contribution in [2.45, 2.75) is 26.9 Å². The molecule has 0 fully saturated rings. The van der Waals surface area contributed by atoms with Crippen LogP contribution in [-0.4, -0.2) is 33.4 Å². The summed E-state index contributed by atoms with van der Waals surface area (Å²) in [5.74, 6) is -0.372. The molecule has 28 heavy (non-hydrogen) atoms. The quantitative estimate of drug-likeness (QED) is 0.532. The molecule has 5 nitrogen and oxygen atoms in total. The fraction of sp³-hybridized carbons (Fsp3) is 0.227. The molecular formula is C22H22BrN3O2. The highest BCUT2D eigenvalue weighted by molar-refractivity contribution is 9.10. The molecule has 0 aliphatic carbocycles. The van der Waals surface area contributed by atoms with E-state index in [2.05, 4.69) is 21.0 Å². The summed E-state index contributed by atoms with van der Waals surface area (Å²) in [5, 5.41) is 4.47. The van der Waals surface area contributed by atoms with E-state index >= 15 is 0 Å². The zero-order chi connectivity index (χ0) is 20.3. The van der Waals surface area contributed by atoms with Gasteiger partial charge in [-0.3, -0.25) is 14.3 Å². The second-order valence-corrected chi connectivity index (χ2v) is 7.54. The van der Waals surface area contributed by atoms with E-state index in [1.165, 1.54) is 0 Å². The lowest BCUT2D eigenvalue weighted by Gasteiger charge is -2.18. The van der Waals surface area contributed by atoms with Crippen molar-refractivity contribution in [1.29, 1.82) is 0 Å². The molecule has 0 radical (unpaired) electrons. The summed E-state index contributed by atoms with van der Waals surface area (Å²) in [6.45, 7) is 5.08. The fourth-order valence-electron chi connectivity index (χ4n) is 2.94. The van der Waals surface area contributed by atoms with E-state index in [0.717, 1.165) is 22.3 Å². The molecule has 0 spiro atoms. The molecule has 0 aliphatic heterocycles. The molecule has 144 valence electrons. The first-order chi connectivity index (χ1) is 13.4. The molecule has 3 rings (SSSR count). The summed E-state index contributed by atoms with van der Waals surface area (Å²) in [4.78, 5) is 27.6. The molecule has 1 aromatic heterocycles. The first-order valence-electron chi connectivity index (χ1n) is 9.08. The van der Waals surface area contributed by atoms with Crippen LogP contribution in [0, 0.1) is 6.92 Å². The summed E-state index contributed by atoms with van der Waals surface area (Å²) in [7, 11) is 1.72. The van der Waals surface area contributed by atoms with Crippen molar-refractivity contribution in [2.75, 3.05) is 7.05 Å². The van der Waals surface area contributed by atoms with Crippen molar-refractivity contribution < 1.29 is 9.59 Å². The van der Waals surface area contributed by atoms with E-state index in [-0.39, 0.29) is 11.7 Å². The van der Waals surface area contributed by atoms with Gasteiger partial charge in [0.2, 0.25) is 0 Å². The Morgan fingerprint density at radius 1 is 1.07 bits per heavy atom. The van der Waals surface area contributed by atoms with Crippen LogP contribution >= 0.6 is 15.9 Å². The highest BCUT2D eigenvalue weighted by atomic mass is 79.9. The third-order valence-corrected chi connectivity index (χ3v) is 5.22. The van der Waals surface area contributed by atoms with Gasteiger partial charge >= 0.3 is 0 Å². The third-order valence-electron chi connectivity index (χ3n) is 4.56. The molecule has 1 amide bonds. The summed E-state index contributed by atoms with van der Waals surface area (Å²) in [6, 6.07) is 14.3. The number of amides is 1. The zero-order valence-electron chi connectivity index (χ0n) is 16.1. The maximum absolute atomic E-state index is 13.1. The van der Waals surface area contributed by atoms with E-state index in [0.29, 0.717) is 23.2 Å². The van der Waals surface area contributed by atoms with Gasteiger partial charge in [-0.1, -0.05) is 48.0 Å². The number of benzene rings is 2. The highest BCUT2D eigenvalue weighted by Crippen LogP contribution is 2.20. The van der Waals surface area contributed by atoms with Gasteiger partial charge in [0.25, 0.3) is 5.91 Å². The minimum absolute atomic E-state index is 0.159. The molecule has 0 unspecified atom stereocenters. The first-order valence-corrected chi connectivity index (χ1v) is 9.87. The van der Waals surface area contributed by atoms with Crippen LogP contribution in [0.3, 0.4) is 0 Å². The van der Waals surface area contributed by atoms with E-state index in [1.54, 1.807) is 48.3 Å². The number of halogens is 1. The predicted octanol–water partition coefficient (Wildman–Crippen LogP) is 4.48. The Labute approximate surface area is 173 Å². The Balaban J connectivity index is 1.86. The van der Waals surface area contributed by atoms with Gasteiger partial charge in [0, 0.05) is 30.9 Å². The maximum atomic E-state index is 13.1. The van der Waals surface area contributed by atoms with E-state index in [9.17, 15) is 9.59 Å². The Morgan fingerprint density at radius 2 is 1.71 bits per heavy atom. The average Bonchev–Trinajstić information content (AvgIpc) is 3.07. The summed E-state index contributed by atoms with van der Waals surface area (Å²) < 4.78 is 2.67. The van der Waals surface area contributed by atoms with Crippen LogP contribution in [0.2, 0.25) is 0 Å². The van der Waals surface area contributed by atoms with Gasteiger partial charge in [-0.05, 0) is 35.8 Å². The van der Waals surface area contributed by atoms with Crippen molar-refractivity contribution in [1.82, 2.24) is 14.7 Å². The van der Waals surface area contributed by atoms with Gasteiger partial charge < -0.3 is 4.90 Å². The predicted molar refractivity (Wildman–Crippen MR) is 112 cm³/mol. The molecule has 6 heteroatoms. The number of carbonyl (C=O) groups excluding carboxylic acids is 2. The molecule has 3 aromatic rings. The average molecular weight is 440 g/mol. The molecule has 0 bridgehead atoms. The molecule has 1 heterocycles. The summed E-state index contributed by atoms with van der Waals surface area (Å²) in [5.41, 5.74) is 3.22. The van der Waals surface area contributed by atoms with Gasteiger partial charge in [0.1, 0.15) is 0 Å². The lowest BCUT2D eigenvalue weighted by molar-refractivity contribution is 0.0778. The number of carbonyl (C=O) groups is 2. The lowest BCUT2D eigenvalue weighted by atomic mass is 9.97. The second kappa shape index (κ2) is 8.52. The number of aryl methyl sites for hydroxylation is 2. The largest absolute Gasteiger partial charge is 0.336 e. The topological polar surface area (TPSA) is 55.2 Å². The highest BCUT2D eigenvalue weighted by Gasteiger charge is 2.21. The van der Waals surface area contributed by atoms with Gasteiger partial charge in [-0.25, -0.2) is 0 Å². The molecule has 0 atom stereocenters. The normalized spacial score (nSPS) is 10.7. The number of rotatable bonds is 6. The Morgan fingerprint density at radius 3 is 2.32 bits per heavy atom. The molecule has 2 aromatic carbocycles. The second-order valence-electron chi connectivity index (χ2n) is 6.68. The summed E-state index contributed by atoms with van der Waals surface area (Å²) >= 11 is 3.49. The van der Waals surface area contributed by atoms with Crippen molar-refractivity contribution >= 4 is 27.6 Å². The summed E-state index contributed by atoms with van der Waals surface area (Å²) in [6.07, 6.45) is 1.89. The van der Waals surface area contributed by atoms with E-state index in [1.807, 2.05) is 36.9 Å². The number of hydrogen-bond acceptors (Lipinski definition) is 3. The van der Waals surface area contributed by atoms with Gasteiger partial charge in [0.15, 0.2) is 5.78 Å². The first kappa shape index (κ1) is 20.0. The molecule has 0 saturated carbocycles. The Bertz CT molecular complexity index is 1010. The maximum Gasteiger partial charge on any atom is 0.254 e. The standard InChI is InChI=1S/C22H22BrN3O2/c1-4-26-13-19(23)20(24-26)14-25(3)22(28)18-8-6-5-7-17(18)21(27)16-11-9-15(2)10-12-16/h5-13H,4,14H2,1-3H3. The van der Waals surface area contributed by atoms with Crippen LogP contribution in [0.1, 0.15) is 44.5 Å². The molecule has 0 saturated heterocycles. The Kier molecular flexibility index (Phi) is 6.09. The SMILES string of the molecule is CCn1cc(Br)c(CN(C)C(=O)c2ccccc2C(=O)c2ccc(C)cc2)n1. The van der Waals surface area contributed by atoms with Gasteiger partial charge in [-0.2, -0.15) is 5.10 Å². The van der Waals surface area contributed by atoms with E-state index in [4.69, 9.17) is 0 Å². The van der Waals surface area contributed by atoms with Crippen molar-refractivity contribution in [3.8, 4) is 0 Å². The lowest BCUT2D eigenvalue weighted by Crippen LogP contribution is -2.28. The van der Waals surface area contributed by atoms with Crippen LogP contribution in [-0.2, 0) is 13.1 Å². The smallest absolute Gasteiger partial charge is 0.254 e. The number of ketones is 1. The van der Waals surface area contributed by atoms with Crippen LogP contribution in [0.4, 0.5) is 0 Å². The number of nitrogens with zero attached hydrogens (tertiary/aromatic N) is 3. The minimum atomic E-state index is -0.214. The molecule has 0 aliphatic rings. The number of hydrogen-bond donors (Lipinski definition) is 0. The minimum Gasteiger partial charge on any atom is -0.336 e. The van der Waals surface area contributed by atoms with Crippen molar-refractivity contribution in [3.63, 3.8) is 0 Å². The van der Waals surface area contributed by atoms with E-state index < -0.39 is 0 Å². The van der Waals surface area contributed by atoms with Gasteiger partial charge in [-0.15, -0.1) is 0 Å². The molecule has 0 N–H and O–H groups in total. The van der Waals surface area contributed by atoms with Crippen LogP contribution in [0.15, 0.2) is 59.2 Å². The fourth-order valence-corrected chi connectivity index (χ4v) is 3.38. The Hall–Kier alpha value is -2.73. The van der Waals surface area contributed by atoms with Crippen LogP contribution in [0.5, 0.6) is 0 Å². The van der Waals surface area contributed by atoms with Gasteiger partial charge in [0.05, 0.1) is 22.3 Å². The van der Waals surface area contributed by atoms with Crippen LogP contribution in [0.25, 0.3) is 0 Å². The van der Waals surface area contributed by atoms with Crippen molar-refractivity contribution in [3.05, 3.63) is 87.1 Å². The van der Waals surface area contributed by atoms with Crippen LogP contribution < -0.4 is 0 Å². The number of aromatic nitrogens is 2.